The van der Waals surface area contributed by atoms with Crippen LogP contribution in [0.2, 0.25) is 0 Å². The van der Waals surface area contributed by atoms with Crippen molar-refractivity contribution >= 4 is 5.91 Å². The highest BCUT2D eigenvalue weighted by molar-refractivity contribution is 5.81. The maximum absolute atomic E-state index is 13.3. The molecular formula is C10H18F2N2O2. The topological polar surface area (TPSA) is 41.6 Å². The quantitative estimate of drug-likeness (QED) is 0.732. The molecule has 0 bridgehead atoms. The lowest BCUT2D eigenvalue weighted by Gasteiger charge is -2.35. The van der Waals surface area contributed by atoms with Crippen molar-refractivity contribution in [3.63, 3.8) is 0 Å². The molecule has 0 aromatic heterocycles. The molecule has 1 atom stereocenters. The number of carbonyl (C=O) groups is 1. The average molecular weight is 236 g/mol. The molecule has 1 rings (SSSR count). The fourth-order valence-corrected chi connectivity index (χ4v) is 1.92. The van der Waals surface area contributed by atoms with Crippen molar-refractivity contribution in [1.29, 1.82) is 0 Å². The molecule has 6 heteroatoms. The second-order valence-electron chi connectivity index (χ2n) is 5.05. The number of hydroxylamine groups is 1. The van der Waals surface area contributed by atoms with E-state index in [1.807, 2.05) is 20.8 Å². The fourth-order valence-electron chi connectivity index (χ4n) is 1.92. The molecule has 1 heterocycles. The average Bonchev–Trinajstić information content (AvgIpc) is 2.41. The lowest BCUT2D eigenvalue weighted by atomic mass is 10.0. The van der Waals surface area contributed by atoms with Gasteiger partial charge >= 0.3 is 0 Å². The molecule has 1 N–H and O–H groups in total. The van der Waals surface area contributed by atoms with E-state index in [1.165, 1.54) is 12.0 Å². The fraction of sp³-hybridized carbons (Fsp3) is 0.900. The molecule has 4 nitrogen and oxygen atoms in total. The Bertz CT molecular complexity index is 276. The third kappa shape index (κ3) is 2.89. The van der Waals surface area contributed by atoms with E-state index >= 15 is 0 Å². The van der Waals surface area contributed by atoms with Crippen LogP contribution in [0.15, 0.2) is 0 Å². The number of carbonyl (C=O) groups excluding carboxylic acids is 1. The smallest absolute Gasteiger partial charge is 0.262 e. The molecule has 1 aliphatic rings. The second kappa shape index (κ2) is 4.25. The number of nitrogens with zero attached hydrogens (tertiary/aromatic N) is 1. The molecule has 0 saturated carbocycles. The third-order valence-corrected chi connectivity index (χ3v) is 2.64. The molecule has 0 aromatic rings. The number of halogens is 2. The predicted molar refractivity (Wildman–Crippen MR) is 55.0 cm³/mol. The van der Waals surface area contributed by atoms with Crippen molar-refractivity contribution in [3.05, 3.63) is 0 Å². The Morgan fingerprint density at radius 3 is 2.50 bits per heavy atom. The van der Waals surface area contributed by atoms with Gasteiger partial charge < -0.3 is 0 Å². The number of hydrogen-bond acceptors (Lipinski definition) is 3. The van der Waals surface area contributed by atoms with Crippen LogP contribution in [-0.2, 0) is 9.63 Å². The van der Waals surface area contributed by atoms with E-state index in [9.17, 15) is 13.6 Å². The minimum absolute atomic E-state index is 0.391. The summed E-state index contributed by atoms with van der Waals surface area (Å²) in [6, 6.07) is -0.838. The summed E-state index contributed by atoms with van der Waals surface area (Å²) in [5.74, 6) is -3.34. The van der Waals surface area contributed by atoms with Crippen LogP contribution >= 0.6 is 0 Å². The lowest BCUT2D eigenvalue weighted by molar-refractivity contribution is -0.137. The van der Waals surface area contributed by atoms with Gasteiger partial charge in [0, 0.05) is 12.0 Å². The number of rotatable bonds is 2. The molecule has 0 aromatic carbocycles. The van der Waals surface area contributed by atoms with Gasteiger partial charge in [0.2, 0.25) is 0 Å². The summed E-state index contributed by atoms with van der Waals surface area (Å²) < 4.78 is 26.6. The first kappa shape index (κ1) is 13.3. The highest BCUT2D eigenvalue weighted by atomic mass is 19.3. The lowest BCUT2D eigenvalue weighted by Crippen LogP contribution is -2.51. The Labute approximate surface area is 93.9 Å². The largest absolute Gasteiger partial charge is 0.281 e. The van der Waals surface area contributed by atoms with Crippen LogP contribution in [0.25, 0.3) is 0 Å². The Morgan fingerprint density at radius 1 is 1.50 bits per heavy atom. The van der Waals surface area contributed by atoms with Crippen LogP contribution in [0.1, 0.15) is 27.2 Å². The maximum Gasteiger partial charge on any atom is 0.262 e. The van der Waals surface area contributed by atoms with Gasteiger partial charge in [-0.2, -0.15) is 0 Å². The molecule has 1 saturated heterocycles. The zero-order valence-corrected chi connectivity index (χ0v) is 10.0. The molecule has 16 heavy (non-hydrogen) atoms. The second-order valence-corrected chi connectivity index (χ2v) is 5.05. The van der Waals surface area contributed by atoms with Crippen LogP contribution in [0.3, 0.4) is 0 Å². The van der Waals surface area contributed by atoms with Crippen LogP contribution < -0.4 is 5.48 Å². The Kier molecular flexibility index (Phi) is 3.54. The number of likely N-dealkylation sites (tertiary alicyclic amines) is 1. The summed E-state index contributed by atoms with van der Waals surface area (Å²) in [5, 5.41) is 0. The number of alkyl halides is 2. The van der Waals surface area contributed by atoms with Crippen LogP contribution in [-0.4, -0.2) is 42.0 Å². The van der Waals surface area contributed by atoms with E-state index in [4.69, 9.17) is 0 Å². The van der Waals surface area contributed by atoms with Crippen molar-refractivity contribution < 1.29 is 18.4 Å². The number of nitrogens with one attached hydrogen (secondary N) is 1. The summed E-state index contributed by atoms with van der Waals surface area (Å²) in [6.45, 7) is 5.03. The molecule has 0 spiro atoms. The monoisotopic (exact) mass is 236 g/mol. The Balaban J connectivity index is 2.84. The van der Waals surface area contributed by atoms with Gasteiger partial charge in [0.05, 0.1) is 19.7 Å². The molecular weight excluding hydrogens is 218 g/mol. The summed E-state index contributed by atoms with van der Waals surface area (Å²) in [6.07, 6.45) is -0.459. The number of hydrogen-bond donors (Lipinski definition) is 1. The molecule has 94 valence electrons. The van der Waals surface area contributed by atoms with Crippen molar-refractivity contribution in [3.8, 4) is 0 Å². The van der Waals surface area contributed by atoms with E-state index in [0.29, 0.717) is 0 Å². The highest BCUT2D eigenvalue weighted by Gasteiger charge is 2.51. The highest BCUT2D eigenvalue weighted by Crippen LogP contribution is 2.36. The van der Waals surface area contributed by atoms with Crippen molar-refractivity contribution in [2.45, 2.75) is 44.7 Å². The van der Waals surface area contributed by atoms with Gasteiger partial charge in [-0.1, -0.05) is 0 Å². The van der Waals surface area contributed by atoms with E-state index in [0.717, 1.165) is 0 Å². The standard InChI is InChI=1S/C10H18F2N2O2/c1-9(2,3)14-6-10(11,12)5-7(14)8(15)13-16-4/h7H,5-6H2,1-4H3,(H,13,15)/t7-/m1/s1. The van der Waals surface area contributed by atoms with E-state index in [1.54, 1.807) is 0 Å². The van der Waals surface area contributed by atoms with E-state index in [2.05, 4.69) is 10.3 Å². The Morgan fingerprint density at radius 2 is 2.06 bits per heavy atom. The van der Waals surface area contributed by atoms with Gasteiger partial charge in [0.15, 0.2) is 0 Å². The minimum atomic E-state index is -2.82. The zero-order valence-electron chi connectivity index (χ0n) is 10.0. The molecule has 0 unspecified atom stereocenters. The number of amides is 1. The zero-order chi connectivity index (χ0) is 12.6. The maximum atomic E-state index is 13.3. The van der Waals surface area contributed by atoms with Gasteiger partial charge in [0.25, 0.3) is 11.8 Å². The SMILES string of the molecule is CONC(=O)[C@H]1CC(F)(F)CN1C(C)(C)C. The molecule has 0 radical (unpaired) electrons. The van der Waals surface area contributed by atoms with Crippen LogP contribution in [0.5, 0.6) is 0 Å². The molecule has 1 amide bonds. The molecule has 1 fully saturated rings. The predicted octanol–water partition coefficient (Wildman–Crippen LogP) is 1.17. The first-order valence-electron chi connectivity index (χ1n) is 5.15. The van der Waals surface area contributed by atoms with E-state index < -0.39 is 36.4 Å². The van der Waals surface area contributed by atoms with Crippen molar-refractivity contribution in [2.24, 2.45) is 0 Å². The van der Waals surface area contributed by atoms with Gasteiger partial charge in [-0.15, -0.1) is 0 Å². The summed E-state index contributed by atoms with van der Waals surface area (Å²) in [5.41, 5.74) is 1.64. The minimum Gasteiger partial charge on any atom is -0.281 e. The third-order valence-electron chi connectivity index (χ3n) is 2.64. The van der Waals surface area contributed by atoms with Crippen molar-refractivity contribution in [1.82, 2.24) is 10.4 Å². The summed E-state index contributed by atoms with van der Waals surface area (Å²) in [7, 11) is 1.28. The van der Waals surface area contributed by atoms with Gasteiger partial charge in [0.1, 0.15) is 0 Å². The molecule has 0 aliphatic carbocycles. The summed E-state index contributed by atoms with van der Waals surface area (Å²) >= 11 is 0. The normalized spacial score (nSPS) is 25.8. The first-order chi connectivity index (χ1) is 7.17. The van der Waals surface area contributed by atoms with Crippen LogP contribution in [0, 0.1) is 0 Å². The summed E-state index contributed by atoms with van der Waals surface area (Å²) in [4.78, 5) is 17.6. The van der Waals surface area contributed by atoms with Crippen molar-refractivity contribution in [2.75, 3.05) is 13.7 Å². The van der Waals surface area contributed by atoms with Crippen LogP contribution in [0.4, 0.5) is 8.78 Å². The van der Waals surface area contributed by atoms with Gasteiger partial charge in [-0.3, -0.25) is 14.5 Å². The first-order valence-corrected chi connectivity index (χ1v) is 5.15. The Hall–Kier alpha value is -0.750. The van der Waals surface area contributed by atoms with Gasteiger partial charge in [-0.25, -0.2) is 14.3 Å². The van der Waals surface area contributed by atoms with E-state index in [-0.39, 0.29) is 0 Å². The molecule has 1 aliphatic heterocycles. The van der Waals surface area contributed by atoms with Gasteiger partial charge in [-0.05, 0) is 20.8 Å².